The number of thiol groups is 2. The van der Waals surface area contributed by atoms with Crippen LogP contribution in [0.1, 0.15) is 55.4 Å². The summed E-state index contributed by atoms with van der Waals surface area (Å²) in [6.45, 7) is 3.66. The molecular weight excluding hydrogens is 1260 g/mol. The Morgan fingerprint density at radius 2 is 1.06 bits per heavy atom. The molecule has 20 nitrogen and oxygen atoms in total. The average molecular weight is 1330 g/mol. The quantitative estimate of drug-likeness (QED) is 0.0179. The molecule has 24 heteroatoms. The Balaban J connectivity index is 1.36. The third kappa shape index (κ3) is 19.5. The molecule has 2 heterocycles. The van der Waals surface area contributed by atoms with Gasteiger partial charge in [0.05, 0.1) is 6.04 Å². The molecular formula is C54H68I2N12O8S2. The van der Waals surface area contributed by atoms with Crippen LogP contribution in [-0.2, 0) is 64.0 Å². The highest BCUT2D eigenvalue weighted by Crippen LogP contribution is 2.20. The van der Waals surface area contributed by atoms with Gasteiger partial charge >= 0.3 is 0 Å². The predicted octanol–water partition coefficient (Wildman–Crippen LogP) is 1.89. The number of carbonyl (C=O) groups excluding carboxylic acids is 8. The molecule has 0 aliphatic rings. The van der Waals surface area contributed by atoms with E-state index in [0.29, 0.717) is 24.0 Å². The Kier molecular flexibility index (Phi) is 25.6. The Morgan fingerprint density at radius 3 is 1.62 bits per heavy atom. The van der Waals surface area contributed by atoms with Gasteiger partial charge in [-0.1, -0.05) is 62.4 Å². The molecule has 418 valence electrons. The Morgan fingerprint density at radius 1 is 0.564 bits per heavy atom. The predicted molar refractivity (Wildman–Crippen MR) is 322 cm³/mol. The lowest BCUT2D eigenvalue weighted by molar-refractivity contribution is -0.136. The lowest BCUT2D eigenvalue weighted by atomic mass is 10.00. The summed E-state index contributed by atoms with van der Waals surface area (Å²) in [7, 11) is 0. The van der Waals surface area contributed by atoms with Crippen LogP contribution in [0.15, 0.2) is 104 Å². The molecule has 8 atom stereocenters. The summed E-state index contributed by atoms with van der Waals surface area (Å²) in [6, 6.07) is 15.8. The maximum absolute atomic E-state index is 14.8. The second-order valence-electron chi connectivity index (χ2n) is 19.0. The van der Waals surface area contributed by atoms with E-state index >= 15 is 0 Å². The van der Waals surface area contributed by atoms with Crippen LogP contribution >= 0.6 is 70.4 Å². The molecule has 0 bridgehead atoms. The molecule has 0 unspecified atom stereocenters. The molecule has 0 saturated carbocycles. The summed E-state index contributed by atoms with van der Waals surface area (Å²) in [6.07, 6.45) is 5.89. The molecule has 3 aromatic carbocycles. The van der Waals surface area contributed by atoms with E-state index in [0.717, 1.165) is 29.2 Å². The minimum atomic E-state index is -1.36. The van der Waals surface area contributed by atoms with Crippen LogP contribution < -0.4 is 54.4 Å². The number of aromatic amines is 1. The molecule has 0 saturated heterocycles. The first kappa shape index (κ1) is 63.0. The number of carbonyl (C=O) groups is 8. The van der Waals surface area contributed by atoms with Crippen molar-refractivity contribution in [3.8, 4) is 0 Å². The molecule has 78 heavy (non-hydrogen) atoms. The molecule has 8 amide bonds. The van der Waals surface area contributed by atoms with Gasteiger partial charge in [-0.2, -0.15) is 25.3 Å². The largest absolute Gasteiger partial charge is 0.368 e. The maximum Gasteiger partial charge on any atom is 0.244 e. The zero-order chi connectivity index (χ0) is 56.9. The van der Waals surface area contributed by atoms with Crippen LogP contribution in [0.25, 0.3) is 10.9 Å². The van der Waals surface area contributed by atoms with Crippen molar-refractivity contribution in [2.75, 3.05) is 18.1 Å². The average Bonchev–Trinajstić information content (AvgIpc) is 3.84. The molecule has 5 rings (SSSR count). The van der Waals surface area contributed by atoms with Gasteiger partial charge in [0.2, 0.25) is 47.3 Å². The van der Waals surface area contributed by atoms with Crippen molar-refractivity contribution in [2.45, 2.75) is 107 Å². The molecule has 0 aliphatic heterocycles. The number of benzene rings is 3. The number of aromatic nitrogens is 2. The number of hydrogen-bond donors (Lipinski definition) is 13. The first-order chi connectivity index (χ1) is 37.3. The summed E-state index contributed by atoms with van der Waals surface area (Å²) < 4.78 is 1.99. The number of H-pyrrole nitrogens is 1. The van der Waals surface area contributed by atoms with Crippen molar-refractivity contribution in [2.24, 2.45) is 23.1 Å². The van der Waals surface area contributed by atoms with Crippen LogP contribution in [0.5, 0.6) is 0 Å². The first-order valence-corrected chi connectivity index (χ1v) is 28.7. The number of nitrogens with one attached hydrogen (secondary N) is 8. The summed E-state index contributed by atoms with van der Waals surface area (Å²) in [5.74, 6) is -6.70. The molecule has 2 aromatic heterocycles. The number of primary amides is 1. The summed E-state index contributed by atoms with van der Waals surface area (Å²) in [5.41, 5.74) is 21.3. The van der Waals surface area contributed by atoms with Crippen LogP contribution in [0.3, 0.4) is 0 Å². The number of amides is 8. The van der Waals surface area contributed by atoms with Crippen molar-refractivity contribution >= 4 is 129 Å². The molecule has 14 N–H and O–H groups in total. The van der Waals surface area contributed by atoms with Gasteiger partial charge in [0.1, 0.15) is 42.3 Å². The molecule has 0 fully saturated rings. The van der Waals surface area contributed by atoms with E-state index in [1.807, 2.05) is 72.8 Å². The van der Waals surface area contributed by atoms with Gasteiger partial charge in [-0.15, -0.1) is 0 Å². The topological polar surface area (TPSA) is 328 Å². The van der Waals surface area contributed by atoms with Crippen LogP contribution in [-0.4, -0.2) is 124 Å². The normalized spacial score (nSPS) is 14.3. The SMILES string of the molecule is CC(C)[C@H](NC(=O)[C@H](CCCCN)NC(=O)[C@@H](Cc1c[nH]c2ccccc12)NC(=O)[C@H](Cc1cccnc1)NC(=O)[C@@H](CS)NC(=O)[C@@H](N)Cc1ccc(I)cc1)C(=O)N[C@@H](CS)C(=O)N[C@@H](Cc1ccc(I)cc1)C(N)=O. The number of para-hydroxylation sites is 1. The third-order valence-corrected chi connectivity index (χ3v) is 14.9. The van der Waals surface area contributed by atoms with Crippen molar-refractivity contribution in [3.05, 3.63) is 133 Å². The highest BCUT2D eigenvalue weighted by molar-refractivity contribution is 14.1. The van der Waals surface area contributed by atoms with Gasteiger partial charge in [-0.3, -0.25) is 43.3 Å². The Hall–Kier alpha value is -5.81. The lowest BCUT2D eigenvalue weighted by Crippen LogP contribution is -2.61. The highest BCUT2D eigenvalue weighted by atomic mass is 127. The standard InChI is InChI=1S/C54H68I2N12O8S2/c1-30(2)46(54(76)67-45(29-78)52(74)63-41(47(59)69)23-32-14-18-36(56)19-15-32)68-49(71)40(11-5-6-20-57)62-51(73)43(25-34-27-61-39-10-4-3-9-37(34)39)65-50(72)42(24-33-8-7-21-60-26-33)64-53(75)44(28-77)66-48(70)38(58)22-31-12-16-35(55)17-13-31/h3-4,7-10,12-19,21,26-27,30,38,40-46,61,77-78H,5-6,11,20,22-25,28-29,57-58H2,1-2H3,(H2,59,69)(H,62,73)(H,63,74)(H,64,75)(H,65,72)(H,66,70)(H,67,76)(H,68,71)/t38-,40-,41-,42-,43+,44+,45-,46-/m0/s1. The number of nitrogens with two attached hydrogens (primary N) is 3. The van der Waals surface area contributed by atoms with E-state index in [-0.39, 0.29) is 50.2 Å². The Bertz CT molecular complexity index is 2830. The molecule has 0 radical (unpaired) electrons. The highest BCUT2D eigenvalue weighted by Gasteiger charge is 2.35. The second kappa shape index (κ2) is 31.7. The minimum Gasteiger partial charge on any atom is -0.368 e. The van der Waals surface area contributed by atoms with E-state index in [1.54, 1.807) is 38.4 Å². The maximum atomic E-state index is 14.8. The smallest absolute Gasteiger partial charge is 0.244 e. The lowest BCUT2D eigenvalue weighted by Gasteiger charge is -2.29. The molecule has 0 spiro atoms. The van der Waals surface area contributed by atoms with Crippen LogP contribution in [0.2, 0.25) is 0 Å². The number of nitrogens with zero attached hydrogens (tertiary/aromatic N) is 1. The number of halogens is 2. The van der Waals surface area contributed by atoms with E-state index in [4.69, 9.17) is 17.2 Å². The fraction of sp³-hybridized carbons (Fsp3) is 0.389. The molecule has 5 aromatic rings. The first-order valence-electron chi connectivity index (χ1n) is 25.3. The van der Waals surface area contributed by atoms with Crippen molar-refractivity contribution in [3.63, 3.8) is 0 Å². The van der Waals surface area contributed by atoms with Gasteiger partial charge in [0, 0.05) is 67.4 Å². The van der Waals surface area contributed by atoms with Gasteiger partial charge in [0.15, 0.2) is 0 Å². The number of hydrogen-bond acceptors (Lipinski definition) is 13. The number of unbranched alkanes of at least 4 members (excludes halogenated alkanes) is 1. The Labute approximate surface area is 491 Å². The summed E-state index contributed by atoms with van der Waals surface area (Å²) in [5, 5.41) is 19.9. The van der Waals surface area contributed by atoms with Gasteiger partial charge in [-0.05, 0) is 142 Å². The zero-order valence-electron chi connectivity index (χ0n) is 43.2. The second-order valence-corrected chi connectivity index (χ2v) is 22.3. The monoisotopic (exact) mass is 1330 g/mol. The van der Waals surface area contributed by atoms with Crippen molar-refractivity contribution < 1.29 is 38.4 Å². The fourth-order valence-corrected chi connectivity index (χ4v) is 9.54. The zero-order valence-corrected chi connectivity index (χ0v) is 49.3. The van der Waals surface area contributed by atoms with Crippen molar-refractivity contribution in [1.29, 1.82) is 0 Å². The number of fused-ring (bicyclic) bond motifs is 1. The molecule has 0 aliphatic carbocycles. The van der Waals surface area contributed by atoms with E-state index in [9.17, 15) is 38.4 Å². The summed E-state index contributed by atoms with van der Waals surface area (Å²) >= 11 is 13.0. The van der Waals surface area contributed by atoms with Gasteiger partial charge < -0.3 is 59.4 Å². The number of rotatable bonds is 30. The number of pyridine rings is 1. The van der Waals surface area contributed by atoms with Crippen LogP contribution in [0, 0.1) is 13.1 Å². The van der Waals surface area contributed by atoms with Crippen LogP contribution in [0.4, 0.5) is 0 Å². The van der Waals surface area contributed by atoms with Crippen molar-refractivity contribution in [1.82, 2.24) is 47.2 Å². The van der Waals surface area contributed by atoms with Gasteiger partial charge in [0.25, 0.3) is 0 Å². The van der Waals surface area contributed by atoms with E-state index < -0.39 is 102 Å². The summed E-state index contributed by atoms with van der Waals surface area (Å²) in [4.78, 5) is 119. The van der Waals surface area contributed by atoms with E-state index in [2.05, 4.69) is 118 Å². The minimum absolute atomic E-state index is 0.0778. The van der Waals surface area contributed by atoms with Gasteiger partial charge in [-0.25, -0.2) is 0 Å². The third-order valence-electron chi connectivity index (χ3n) is 12.7. The fourth-order valence-electron chi connectivity index (χ4n) is 8.31. The van der Waals surface area contributed by atoms with E-state index in [1.165, 1.54) is 6.20 Å².